The van der Waals surface area contributed by atoms with Gasteiger partial charge in [-0.25, -0.2) is 0 Å². The summed E-state index contributed by atoms with van der Waals surface area (Å²) in [5.74, 6) is 2.16. The number of rotatable bonds is 0. The van der Waals surface area contributed by atoms with Crippen molar-refractivity contribution in [3.05, 3.63) is 0 Å². The molecule has 0 N–H and O–H groups in total. The van der Waals surface area contributed by atoms with Gasteiger partial charge in [0.1, 0.15) is 0 Å². The first-order valence-corrected chi connectivity index (χ1v) is 4.38. The Kier molecular flexibility index (Phi) is 1.09. The van der Waals surface area contributed by atoms with Gasteiger partial charge in [-0.3, -0.25) is 4.90 Å². The fraction of sp³-hybridized carbons (Fsp3) is 1.00. The fourth-order valence-corrected chi connectivity index (χ4v) is 2.72. The van der Waals surface area contributed by atoms with E-state index in [0.717, 1.165) is 15.9 Å². The number of alkyl halides is 1. The Bertz CT molecular complexity index is 113. The number of hydrogen-bond donors (Lipinski definition) is 0. The zero-order valence-electron chi connectivity index (χ0n) is 4.97. The van der Waals surface area contributed by atoms with Crippen LogP contribution in [0.25, 0.3) is 0 Å². The Labute approximate surface area is 63.6 Å². The molecule has 3 atom stereocenters. The van der Waals surface area contributed by atoms with Gasteiger partial charge in [0.15, 0.2) is 0 Å². The highest BCUT2D eigenvalue weighted by atomic mass is 127. The van der Waals surface area contributed by atoms with Gasteiger partial charge in [-0.05, 0) is 25.3 Å². The Hall–Kier alpha value is 0.690. The molecule has 1 unspecified atom stereocenters. The molecule has 0 radical (unpaired) electrons. The Morgan fingerprint density at radius 2 is 2.38 bits per heavy atom. The van der Waals surface area contributed by atoms with E-state index in [1.54, 1.807) is 0 Å². The van der Waals surface area contributed by atoms with Gasteiger partial charge in [-0.15, -0.1) is 0 Å². The first-order chi connectivity index (χ1) is 3.79. The third-order valence-corrected chi connectivity index (χ3v) is 4.15. The van der Waals surface area contributed by atoms with E-state index >= 15 is 0 Å². The van der Waals surface area contributed by atoms with Gasteiger partial charge in [-0.1, -0.05) is 22.6 Å². The van der Waals surface area contributed by atoms with Crippen LogP contribution in [0.1, 0.15) is 6.42 Å². The van der Waals surface area contributed by atoms with Crippen molar-refractivity contribution in [2.45, 2.75) is 10.5 Å². The molecule has 1 aliphatic carbocycles. The maximum atomic E-state index is 2.55. The molecule has 0 amide bonds. The minimum absolute atomic E-state index is 0.859. The molecule has 0 bridgehead atoms. The molecule has 2 fully saturated rings. The second-order valence-electron chi connectivity index (χ2n) is 2.97. The van der Waals surface area contributed by atoms with Gasteiger partial charge in [0, 0.05) is 6.54 Å². The lowest BCUT2D eigenvalue weighted by Crippen LogP contribution is -2.22. The molecule has 46 valence electrons. The van der Waals surface area contributed by atoms with Gasteiger partial charge in [0.25, 0.3) is 0 Å². The van der Waals surface area contributed by atoms with E-state index in [9.17, 15) is 0 Å². The fourth-order valence-electron chi connectivity index (χ4n) is 1.62. The minimum atomic E-state index is 0.859. The molecule has 1 heterocycles. The average Bonchev–Trinajstić information content (AvgIpc) is 2.39. The lowest BCUT2D eigenvalue weighted by atomic mass is 10.4. The second-order valence-corrected chi connectivity index (χ2v) is 4.25. The Morgan fingerprint density at radius 1 is 1.62 bits per heavy atom. The summed E-state index contributed by atoms with van der Waals surface area (Å²) >= 11 is 2.55. The van der Waals surface area contributed by atoms with E-state index in [1.807, 2.05) is 0 Å². The maximum absolute atomic E-state index is 2.55. The summed E-state index contributed by atoms with van der Waals surface area (Å²) in [6.45, 7) is 1.36. The molecule has 2 rings (SSSR count). The smallest absolute Gasteiger partial charge is 0.0648 e. The van der Waals surface area contributed by atoms with E-state index in [1.165, 1.54) is 13.0 Å². The van der Waals surface area contributed by atoms with Gasteiger partial charge in [0.05, 0.1) is 4.05 Å². The summed E-state index contributed by atoms with van der Waals surface area (Å²) in [7, 11) is 2.23. The van der Waals surface area contributed by atoms with E-state index < -0.39 is 0 Å². The molecule has 1 saturated heterocycles. The van der Waals surface area contributed by atoms with E-state index in [4.69, 9.17) is 0 Å². The van der Waals surface area contributed by atoms with Crippen LogP contribution in [-0.2, 0) is 0 Å². The first-order valence-electron chi connectivity index (χ1n) is 3.13. The first kappa shape index (κ1) is 5.47. The van der Waals surface area contributed by atoms with Crippen LogP contribution in [0.5, 0.6) is 0 Å². The molecular weight excluding hydrogens is 213 g/mol. The lowest BCUT2D eigenvalue weighted by Gasteiger charge is -2.15. The Balaban J connectivity index is 2.08. The number of halogens is 1. The predicted octanol–water partition coefficient (Wildman–Crippen LogP) is 1.33. The van der Waals surface area contributed by atoms with E-state index in [-0.39, 0.29) is 0 Å². The number of fused-ring (bicyclic) bond motifs is 1. The molecule has 1 aliphatic heterocycles. The summed E-state index contributed by atoms with van der Waals surface area (Å²) in [6.07, 6.45) is 1.51. The van der Waals surface area contributed by atoms with Crippen LogP contribution in [0.4, 0.5) is 0 Å². The highest BCUT2D eigenvalue weighted by Gasteiger charge is 2.49. The molecule has 0 aromatic carbocycles. The zero-order valence-corrected chi connectivity index (χ0v) is 7.13. The van der Waals surface area contributed by atoms with Crippen LogP contribution in [0, 0.1) is 11.8 Å². The van der Waals surface area contributed by atoms with Crippen LogP contribution < -0.4 is 0 Å². The van der Waals surface area contributed by atoms with Crippen LogP contribution in [0.2, 0.25) is 0 Å². The summed E-state index contributed by atoms with van der Waals surface area (Å²) in [5.41, 5.74) is 0. The Morgan fingerprint density at radius 3 is 2.62 bits per heavy atom. The monoisotopic (exact) mass is 223 g/mol. The van der Waals surface area contributed by atoms with Crippen molar-refractivity contribution in [2.24, 2.45) is 11.8 Å². The van der Waals surface area contributed by atoms with Gasteiger partial charge in [0.2, 0.25) is 0 Å². The molecule has 0 spiro atoms. The highest BCUT2D eigenvalue weighted by molar-refractivity contribution is 14.1. The molecule has 8 heavy (non-hydrogen) atoms. The molecule has 2 aliphatic rings. The number of hydrogen-bond acceptors (Lipinski definition) is 1. The number of piperidine rings is 1. The van der Waals surface area contributed by atoms with Crippen molar-refractivity contribution >= 4 is 22.6 Å². The zero-order chi connectivity index (χ0) is 5.72. The van der Waals surface area contributed by atoms with Crippen molar-refractivity contribution in [3.63, 3.8) is 0 Å². The third-order valence-electron chi connectivity index (χ3n) is 2.27. The maximum Gasteiger partial charge on any atom is 0.0648 e. The quantitative estimate of drug-likeness (QED) is 0.340. The summed E-state index contributed by atoms with van der Waals surface area (Å²) in [5, 5.41) is 0. The van der Waals surface area contributed by atoms with Crippen LogP contribution >= 0.6 is 22.6 Å². The van der Waals surface area contributed by atoms with Gasteiger partial charge < -0.3 is 0 Å². The number of likely N-dealkylation sites (tertiary alicyclic amines) is 1. The summed E-state index contributed by atoms with van der Waals surface area (Å²) < 4.78 is 0.859. The van der Waals surface area contributed by atoms with Crippen LogP contribution in [-0.4, -0.2) is 22.5 Å². The van der Waals surface area contributed by atoms with Crippen molar-refractivity contribution in [1.29, 1.82) is 0 Å². The molecule has 1 nitrogen and oxygen atoms in total. The highest BCUT2D eigenvalue weighted by Crippen LogP contribution is 2.50. The second kappa shape index (κ2) is 1.59. The standard InChI is InChI=1S/C6H10IN/c1-8-3-4-2-5(4)6(8)7/h4-6H,2-3H2,1H3/t4-,5-,6?/m1/s1. The lowest BCUT2D eigenvalue weighted by molar-refractivity contribution is 0.358. The largest absolute Gasteiger partial charge is 0.294 e. The SMILES string of the molecule is CN1C[C@H]2C[C@H]2C1I. The van der Waals surface area contributed by atoms with Crippen molar-refractivity contribution in [1.82, 2.24) is 4.90 Å². The third kappa shape index (κ3) is 0.620. The summed E-state index contributed by atoms with van der Waals surface area (Å²) in [6, 6.07) is 0. The van der Waals surface area contributed by atoms with Crippen molar-refractivity contribution in [3.8, 4) is 0 Å². The molecule has 1 saturated carbocycles. The molecule has 0 aromatic rings. The molecule has 0 aromatic heterocycles. The van der Waals surface area contributed by atoms with Gasteiger partial charge >= 0.3 is 0 Å². The van der Waals surface area contributed by atoms with E-state index in [0.29, 0.717) is 0 Å². The van der Waals surface area contributed by atoms with Crippen LogP contribution in [0.3, 0.4) is 0 Å². The normalized spacial score (nSPS) is 54.0. The molecular formula is C6H10IN. The average molecular weight is 223 g/mol. The van der Waals surface area contributed by atoms with Gasteiger partial charge in [-0.2, -0.15) is 0 Å². The summed E-state index contributed by atoms with van der Waals surface area (Å²) in [4.78, 5) is 2.46. The van der Waals surface area contributed by atoms with Crippen molar-refractivity contribution in [2.75, 3.05) is 13.6 Å². The predicted molar refractivity (Wildman–Crippen MR) is 42.0 cm³/mol. The van der Waals surface area contributed by atoms with Crippen molar-refractivity contribution < 1.29 is 0 Å². The van der Waals surface area contributed by atoms with E-state index in [2.05, 4.69) is 34.5 Å². The van der Waals surface area contributed by atoms with Crippen LogP contribution in [0.15, 0.2) is 0 Å². The molecule has 2 heteroatoms. The minimum Gasteiger partial charge on any atom is -0.294 e. The number of nitrogens with zero attached hydrogens (tertiary/aromatic N) is 1. The topological polar surface area (TPSA) is 3.24 Å².